The number of anilines is 1. The molecule has 1 N–H and O–H groups in total. The van der Waals surface area contributed by atoms with E-state index in [0.717, 1.165) is 26.0 Å². The van der Waals surface area contributed by atoms with Crippen molar-refractivity contribution in [2.75, 3.05) is 5.32 Å². The molecular formula is C17H20F2N2O4S. The Morgan fingerprint density at radius 2 is 1.73 bits per heavy atom. The van der Waals surface area contributed by atoms with Gasteiger partial charge in [-0.05, 0) is 26.0 Å². The number of aromatic nitrogens is 1. The van der Waals surface area contributed by atoms with Crippen molar-refractivity contribution < 1.29 is 26.5 Å². The van der Waals surface area contributed by atoms with Crippen molar-refractivity contribution in [3.8, 4) is 0 Å². The van der Waals surface area contributed by atoms with Crippen molar-refractivity contribution in [3.05, 3.63) is 41.6 Å². The van der Waals surface area contributed by atoms with Crippen molar-refractivity contribution >= 4 is 21.6 Å². The topological polar surface area (TPSA) is 89.3 Å². The quantitative estimate of drug-likeness (QED) is 0.813. The molecule has 1 aromatic carbocycles. The number of hydrogen-bond acceptors (Lipinski definition) is 5. The summed E-state index contributed by atoms with van der Waals surface area (Å²) in [4.78, 5) is 11.8. The van der Waals surface area contributed by atoms with Crippen LogP contribution in [0.25, 0.3) is 0 Å². The van der Waals surface area contributed by atoms with Gasteiger partial charge in [0.2, 0.25) is 11.8 Å². The number of hydrogen-bond donors (Lipinski definition) is 1. The summed E-state index contributed by atoms with van der Waals surface area (Å²) < 4.78 is 55.4. The summed E-state index contributed by atoms with van der Waals surface area (Å²) in [5.74, 6) is -3.14. The monoisotopic (exact) mass is 386 g/mol. The highest BCUT2D eigenvalue weighted by Gasteiger charge is 2.44. The molecule has 1 amide bonds. The molecule has 0 aliphatic heterocycles. The van der Waals surface area contributed by atoms with Gasteiger partial charge >= 0.3 is 0 Å². The average Bonchev–Trinajstić information content (AvgIpc) is 2.95. The fraction of sp³-hybridized carbons (Fsp3) is 0.412. The van der Waals surface area contributed by atoms with Crippen molar-refractivity contribution in [2.45, 2.75) is 49.7 Å². The molecule has 26 heavy (non-hydrogen) atoms. The molecule has 0 bridgehead atoms. The first-order valence-corrected chi connectivity index (χ1v) is 9.23. The zero-order valence-corrected chi connectivity index (χ0v) is 15.9. The summed E-state index contributed by atoms with van der Waals surface area (Å²) in [6, 6.07) is 3.54. The molecule has 0 aliphatic rings. The van der Waals surface area contributed by atoms with Gasteiger partial charge in [-0.3, -0.25) is 10.1 Å². The lowest BCUT2D eigenvalue weighted by molar-refractivity contribution is -0.118. The molecule has 0 saturated heterocycles. The number of halogens is 2. The number of nitrogens with one attached hydrogen (secondary N) is 1. The van der Waals surface area contributed by atoms with Gasteiger partial charge in [-0.2, -0.15) is 0 Å². The van der Waals surface area contributed by atoms with Gasteiger partial charge in [-0.1, -0.05) is 25.9 Å². The molecule has 0 fully saturated rings. The van der Waals surface area contributed by atoms with Gasteiger partial charge < -0.3 is 4.52 Å². The van der Waals surface area contributed by atoms with Crippen LogP contribution in [0.4, 0.5) is 14.7 Å². The predicted octanol–water partition coefficient (Wildman–Crippen LogP) is 3.44. The number of nitrogens with zero attached hydrogens (tertiary/aromatic N) is 1. The minimum Gasteiger partial charge on any atom is -0.338 e. The number of benzene rings is 1. The Bertz CT molecular complexity index is 944. The molecule has 6 nitrogen and oxygen atoms in total. The first kappa shape index (κ1) is 20.0. The van der Waals surface area contributed by atoms with E-state index in [1.165, 1.54) is 6.07 Å². The minimum atomic E-state index is -4.44. The summed E-state index contributed by atoms with van der Waals surface area (Å²) in [7, 11) is -4.44. The van der Waals surface area contributed by atoms with Crippen LogP contribution in [0, 0.1) is 11.6 Å². The molecule has 0 aliphatic carbocycles. The van der Waals surface area contributed by atoms with Gasteiger partial charge in [-0.15, -0.1) is 0 Å². The van der Waals surface area contributed by atoms with Gasteiger partial charge in [0.05, 0.1) is 5.69 Å². The molecule has 2 aromatic rings. The summed E-state index contributed by atoms with van der Waals surface area (Å²) in [6.07, 6.45) is 0. The molecule has 0 unspecified atom stereocenters. The Kier molecular flexibility index (Phi) is 4.97. The third-order valence-electron chi connectivity index (χ3n) is 3.92. The normalized spacial score (nSPS) is 12.9. The van der Waals surface area contributed by atoms with Gasteiger partial charge in [0.25, 0.3) is 0 Å². The van der Waals surface area contributed by atoms with Crippen LogP contribution < -0.4 is 5.32 Å². The molecule has 0 atom stereocenters. The fourth-order valence-corrected chi connectivity index (χ4v) is 3.45. The van der Waals surface area contributed by atoms with E-state index in [4.69, 9.17) is 4.52 Å². The SMILES string of the molecule is CC(C)(C)c1cc(NC(=O)C(C)(C)S(=O)(=O)c2ccc(F)cc2F)on1. The third kappa shape index (κ3) is 3.62. The van der Waals surface area contributed by atoms with E-state index in [1.807, 2.05) is 20.8 Å². The first-order chi connectivity index (χ1) is 11.8. The van der Waals surface area contributed by atoms with E-state index in [9.17, 15) is 22.0 Å². The standard InChI is InChI=1S/C17H20F2N2O4S/c1-16(2,3)13-9-14(25-21-13)20-15(22)17(4,5)26(23,24)12-7-6-10(18)8-11(12)19/h6-9H,1-5H3,(H,20,22). The van der Waals surface area contributed by atoms with E-state index in [0.29, 0.717) is 11.8 Å². The second-order valence-corrected chi connectivity index (χ2v) is 9.84. The lowest BCUT2D eigenvalue weighted by Gasteiger charge is -2.23. The Morgan fingerprint density at radius 1 is 1.12 bits per heavy atom. The molecular weight excluding hydrogens is 366 g/mol. The molecule has 0 spiro atoms. The number of carbonyl (C=O) groups is 1. The summed E-state index contributed by atoms with van der Waals surface area (Å²) in [5.41, 5.74) is 0.240. The second kappa shape index (κ2) is 6.46. The van der Waals surface area contributed by atoms with Crippen molar-refractivity contribution in [1.82, 2.24) is 5.16 Å². The number of rotatable bonds is 4. The van der Waals surface area contributed by atoms with Crippen LogP contribution in [0.2, 0.25) is 0 Å². The molecule has 2 rings (SSSR count). The first-order valence-electron chi connectivity index (χ1n) is 7.75. The maximum Gasteiger partial charge on any atom is 0.248 e. The third-order valence-corrected chi connectivity index (χ3v) is 6.36. The van der Waals surface area contributed by atoms with Crippen LogP contribution in [-0.2, 0) is 20.0 Å². The van der Waals surface area contributed by atoms with Crippen LogP contribution in [0.15, 0.2) is 33.7 Å². The van der Waals surface area contributed by atoms with E-state index in [1.54, 1.807) is 0 Å². The minimum absolute atomic E-state index is 0.0252. The van der Waals surface area contributed by atoms with Crippen LogP contribution in [0.5, 0.6) is 0 Å². The number of amides is 1. The highest BCUT2D eigenvalue weighted by molar-refractivity contribution is 7.93. The molecule has 1 aromatic heterocycles. The van der Waals surface area contributed by atoms with Crippen LogP contribution in [0.1, 0.15) is 40.3 Å². The predicted molar refractivity (Wildman–Crippen MR) is 91.5 cm³/mol. The molecule has 142 valence electrons. The maximum absolute atomic E-state index is 13.9. The van der Waals surface area contributed by atoms with Crippen LogP contribution >= 0.6 is 0 Å². The Balaban J connectivity index is 2.33. The zero-order valence-electron chi connectivity index (χ0n) is 15.1. The molecule has 1 heterocycles. The second-order valence-electron chi connectivity index (χ2n) is 7.37. The van der Waals surface area contributed by atoms with Crippen molar-refractivity contribution in [2.24, 2.45) is 0 Å². The Morgan fingerprint density at radius 3 is 2.23 bits per heavy atom. The highest BCUT2D eigenvalue weighted by Crippen LogP contribution is 2.30. The average molecular weight is 386 g/mol. The summed E-state index contributed by atoms with van der Waals surface area (Å²) in [5, 5.41) is 6.16. The molecule has 9 heteroatoms. The van der Waals surface area contributed by atoms with Gasteiger partial charge in [0, 0.05) is 17.5 Å². The van der Waals surface area contributed by atoms with E-state index in [2.05, 4.69) is 10.5 Å². The Labute approximate surface area is 150 Å². The van der Waals surface area contributed by atoms with Crippen molar-refractivity contribution in [1.29, 1.82) is 0 Å². The maximum atomic E-state index is 13.9. The smallest absolute Gasteiger partial charge is 0.248 e. The molecule has 0 radical (unpaired) electrons. The lowest BCUT2D eigenvalue weighted by atomic mass is 9.92. The summed E-state index contributed by atoms with van der Waals surface area (Å²) >= 11 is 0. The largest absolute Gasteiger partial charge is 0.338 e. The van der Waals surface area contributed by atoms with Crippen LogP contribution in [-0.4, -0.2) is 24.2 Å². The van der Waals surface area contributed by atoms with Crippen LogP contribution in [0.3, 0.4) is 0 Å². The fourth-order valence-electron chi connectivity index (χ4n) is 2.04. The Hall–Kier alpha value is -2.29. The zero-order chi connectivity index (χ0) is 19.9. The number of carbonyl (C=O) groups excluding carboxylic acids is 1. The number of sulfone groups is 1. The van der Waals surface area contributed by atoms with Crippen molar-refractivity contribution in [3.63, 3.8) is 0 Å². The van der Waals surface area contributed by atoms with Gasteiger partial charge in [0.15, 0.2) is 9.84 Å². The molecule has 0 saturated carbocycles. The van der Waals surface area contributed by atoms with Gasteiger partial charge in [-0.25, -0.2) is 17.2 Å². The highest BCUT2D eigenvalue weighted by atomic mass is 32.2. The lowest BCUT2D eigenvalue weighted by Crippen LogP contribution is -2.44. The summed E-state index contributed by atoms with van der Waals surface area (Å²) in [6.45, 7) is 7.93. The van der Waals surface area contributed by atoms with Gasteiger partial charge in [0.1, 0.15) is 21.3 Å². The van der Waals surface area contributed by atoms with E-state index < -0.39 is 37.0 Å². The van der Waals surface area contributed by atoms with E-state index in [-0.39, 0.29) is 11.3 Å². The van der Waals surface area contributed by atoms with E-state index >= 15 is 0 Å².